The molecule has 1 aliphatic heterocycles. The Morgan fingerprint density at radius 2 is 0.851 bits per heavy atom. The summed E-state index contributed by atoms with van der Waals surface area (Å²) in [5, 5.41) is 20.3. The van der Waals surface area contributed by atoms with Gasteiger partial charge in [0.25, 0.3) is 0 Å². The van der Waals surface area contributed by atoms with Gasteiger partial charge in [-0.2, -0.15) is 0 Å². The monoisotopic (exact) mass is 640 g/mol. The summed E-state index contributed by atoms with van der Waals surface area (Å²) < 4.78 is 28.4. The van der Waals surface area contributed by atoms with Crippen LogP contribution in [0.4, 0.5) is 0 Å². The first-order chi connectivity index (χ1) is 22.5. The maximum atomic E-state index is 10.5. The molecule has 0 aromatic heterocycles. The summed E-state index contributed by atoms with van der Waals surface area (Å²) in [6, 6.07) is 32.2. The van der Waals surface area contributed by atoms with Crippen LogP contribution < -0.4 is 18.9 Å². The van der Waals surface area contributed by atoms with Crippen LogP contribution in [0.3, 0.4) is 0 Å². The second-order valence-electron chi connectivity index (χ2n) is 13.3. The number of rotatable bonds is 17. The molecule has 0 aliphatic carbocycles. The van der Waals surface area contributed by atoms with Crippen molar-refractivity contribution in [2.24, 2.45) is 0 Å². The van der Waals surface area contributed by atoms with Crippen molar-refractivity contribution in [1.82, 2.24) is 0 Å². The minimum absolute atomic E-state index is 0.120. The largest absolute Gasteiger partial charge is 0.491 e. The molecule has 4 aromatic carbocycles. The van der Waals surface area contributed by atoms with Gasteiger partial charge in [0.05, 0.1) is 12.7 Å². The number of aliphatic hydroxyl groups excluding tert-OH is 2. The molecule has 0 radical (unpaired) electrons. The van der Waals surface area contributed by atoms with E-state index in [1.807, 2.05) is 55.5 Å². The normalized spacial score (nSPS) is 15.9. The van der Waals surface area contributed by atoms with Crippen molar-refractivity contribution in [1.29, 1.82) is 0 Å². The Morgan fingerprint density at radius 1 is 0.553 bits per heavy atom. The summed E-state index contributed by atoms with van der Waals surface area (Å²) in [7, 11) is 0. The minimum Gasteiger partial charge on any atom is -0.491 e. The van der Waals surface area contributed by atoms with E-state index >= 15 is 0 Å². The van der Waals surface area contributed by atoms with Gasteiger partial charge < -0.3 is 33.9 Å². The zero-order chi connectivity index (χ0) is 33.4. The molecule has 47 heavy (non-hydrogen) atoms. The molecule has 3 atom stereocenters. The number of benzene rings is 4. The van der Waals surface area contributed by atoms with Crippen LogP contribution in [0, 0.1) is 0 Å². The molecule has 1 saturated heterocycles. The van der Waals surface area contributed by atoms with Gasteiger partial charge in [0.2, 0.25) is 0 Å². The molecule has 250 valence electrons. The standard InChI is InChI=1S/C40H48O7/c1-6-32(41)23-43-34-15-7-28(8-16-34)39(2,3)29-9-17-35(18-10-29)44-24-33(42)25-45-36-19-11-30(12-20-36)40(4,5)31-13-21-37(22-14-31)46-26-38-27-47-38/h7-22,32-33,38,41-42H,6,23-27H2,1-5H3. The summed E-state index contributed by atoms with van der Waals surface area (Å²) in [5.41, 5.74) is 4.21. The van der Waals surface area contributed by atoms with E-state index in [0.29, 0.717) is 24.5 Å². The van der Waals surface area contributed by atoms with E-state index in [9.17, 15) is 10.2 Å². The van der Waals surface area contributed by atoms with E-state index in [-0.39, 0.29) is 36.8 Å². The van der Waals surface area contributed by atoms with Gasteiger partial charge in [-0.3, -0.25) is 0 Å². The first-order valence-corrected chi connectivity index (χ1v) is 16.5. The lowest BCUT2D eigenvalue weighted by atomic mass is 9.78. The predicted molar refractivity (Wildman–Crippen MR) is 184 cm³/mol. The van der Waals surface area contributed by atoms with Crippen molar-refractivity contribution in [2.75, 3.05) is 33.0 Å². The number of hydrogen-bond acceptors (Lipinski definition) is 7. The quantitative estimate of drug-likeness (QED) is 0.119. The lowest BCUT2D eigenvalue weighted by Gasteiger charge is -2.27. The van der Waals surface area contributed by atoms with Crippen LogP contribution in [0.15, 0.2) is 97.1 Å². The van der Waals surface area contributed by atoms with Crippen LogP contribution in [-0.4, -0.2) is 61.6 Å². The van der Waals surface area contributed by atoms with Crippen LogP contribution in [-0.2, 0) is 15.6 Å². The Bertz CT molecular complexity index is 1520. The van der Waals surface area contributed by atoms with E-state index in [2.05, 4.69) is 76.2 Å². The van der Waals surface area contributed by atoms with Crippen LogP contribution in [0.1, 0.15) is 63.3 Å². The predicted octanol–water partition coefficient (Wildman–Crippen LogP) is 7.08. The third-order valence-electron chi connectivity index (χ3n) is 8.94. The second kappa shape index (κ2) is 15.2. The summed E-state index contributed by atoms with van der Waals surface area (Å²) in [5.74, 6) is 2.97. The first-order valence-electron chi connectivity index (χ1n) is 16.5. The third-order valence-corrected chi connectivity index (χ3v) is 8.94. The average Bonchev–Trinajstić information content (AvgIpc) is 3.93. The van der Waals surface area contributed by atoms with Gasteiger partial charge >= 0.3 is 0 Å². The van der Waals surface area contributed by atoms with Gasteiger partial charge in [0.15, 0.2) is 0 Å². The lowest BCUT2D eigenvalue weighted by Crippen LogP contribution is -2.25. The number of ether oxygens (including phenoxy) is 5. The number of hydrogen-bond donors (Lipinski definition) is 2. The second-order valence-corrected chi connectivity index (χ2v) is 13.3. The summed E-state index contributed by atoms with van der Waals surface area (Å²) in [6.45, 7) is 12.6. The summed E-state index contributed by atoms with van der Waals surface area (Å²) in [6.07, 6.45) is -0.341. The Labute approximate surface area is 279 Å². The molecule has 0 saturated carbocycles. The number of epoxide rings is 1. The van der Waals surface area contributed by atoms with Crippen LogP contribution in [0.5, 0.6) is 23.0 Å². The van der Waals surface area contributed by atoms with Gasteiger partial charge in [0, 0.05) is 10.8 Å². The molecular formula is C40H48O7. The number of aliphatic hydroxyl groups is 2. The first kappa shape index (κ1) is 34.3. The molecule has 0 amide bonds. The van der Waals surface area contributed by atoms with Gasteiger partial charge in [0.1, 0.15) is 61.6 Å². The van der Waals surface area contributed by atoms with E-state index in [1.54, 1.807) is 0 Å². The average molecular weight is 641 g/mol. The molecule has 1 fully saturated rings. The fourth-order valence-electron chi connectivity index (χ4n) is 5.30. The van der Waals surface area contributed by atoms with E-state index < -0.39 is 12.2 Å². The van der Waals surface area contributed by atoms with Crippen LogP contribution in [0.25, 0.3) is 0 Å². The Hall–Kier alpha value is -4.04. The van der Waals surface area contributed by atoms with Gasteiger partial charge in [-0.25, -0.2) is 0 Å². The third kappa shape index (κ3) is 9.28. The molecular weight excluding hydrogens is 592 g/mol. The van der Waals surface area contributed by atoms with Crippen molar-refractivity contribution in [2.45, 2.75) is 70.2 Å². The molecule has 7 heteroatoms. The fourth-order valence-corrected chi connectivity index (χ4v) is 5.30. The molecule has 0 bridgehead atoms. The van der Waals surface area contributed by atoms with Gasteiger partial charge in [-0.05, 0) is 77.2 Å². The highest BCUT2D eigenvalue weighted by atomic mass is 16.6. The molecule has 3 unspecified atom stereocenters. The molecule has 1 heterocycles. The van der Waals surface area contributed by atoms with E-state index in [0.717, 1.165) is 34.8 Å². The molecule has 5 rings (SSSR count). The smallest absolute Gasteiger partial charge is 0.122 e. The molecule has 2 N–H and O–H groups in total. The van der Waals surface area contributed by atoms with Crippen molar-refractivity contribution in [3.05, 3.63) is 119 Å². The highest BCUT2D eigenvalue weighted by Gasteiger charge is 2.26. The van der Waals surface area contributed by atoms with Crippen LogP contribution in [0.2, 0.25) is 0 Å². The van der Waals surface area contributed by atoms with Crippen molar-refractivity contribution in [3.8, 4) is 23.0 Å². The maximum absolute atomic E-state index is 10.5. The van der Waals surface area contributed by atoms with Crippen molar-refractivity contribution in [3.63, 3.8) is 0 Å². The highest BCUT2D eigenvalue weighted by molar-refractivity contribution is 5.43. The SMILES string of the molecule is CCC(O)COc1ccc(C(C)(C)c2ccc(OCC(O)COc3ccc(C(C)(C)c4ccc(OCC5CO5)cc4)cc3)cc2)cc1. The maximum Gasteiger partial charge on any atom is 0.122 e. The summed E-state index contributed by atoms with van der Waals surface area (Å²) in [4.78, 5) is 0. The summed E-state index contributed by atoms with van der Waals surface area (Å²) >= 11 is 0. The zero-order valence-electron chi connectivity index (χ0n) is 28.1. The Morgan fingerprint density at radius 3 is 1.15 bits per heavy atom. The van der Waals surface area contributed by atoms with Gasteiger partial charge in [-0.15, -0.1) is 0 Å². The molecule has 1 aliphatic rings. The van der Waals surface area contributed by atoms with Crippen molar-refractivity contribution >= 4 is 0 Å². The van der Waals surface area contributed by atoms with E-state index in [4.69, 9.17) is 23.7 Å². The zero-order valence-corrected chi connectivity index (χ0v) is 28.1. The fraction of sp³-hybridized carbons (Fsp3) is 0.400. The van der Waals surface area contributed by atoms with Crippen LogP contribution >= 0.6 is 0 Å². The van der Waals surface area contributed by atoms with Gasteiger partial charge in [-0.1, -0.05) is 83.1 Å². The minimum atomic E-state index is -0.784. The highest BCUT2D eigenvalue weighted by Crippen LogP contribution is 2.35. The molecule has 0 spiro atoms. The van der Waals surface area contributed by atoms with E-state index in [1.165, 1.54) is 5.56 Å². The Balaban J connectivity index is 1.07. The Kier molecular flexibility index (Phi) is 11.1. The molecule has 4 aromatic rings. The lowest BCUT2D eigenvalue weighted by molar-refractivity contribution is 0.0626. The van der Waals surface area contributed by atoms with Crippen molar-refractivity contribution < 1.29 is 33.9 Å². The molecule has 7 nitrogen and oxygen atoms in total. The topological polar surface area (TPSA) is 89.9 Å².